The van der Waals surface area contributed by atoms with Crippen molar-refractivity contribution in [1.82, 2.24) is 0 Å². The normalized spacial score (nSPS) is 9.83. The summed E-state index contributed by atoms with van der Waals surface area (Å²) in [6.07, 6.45) is 1.48. The number of aryl methyl sites for hydroxylation is 1. The summed E-state index contributed by atoms with van der Waals surface area (Å²) in [5.41, 5.74) is 0.750. The van der Waals surface area contributed by atoms with Crippen molar-refractivity contribution in [2.24, 2.45) is 0 Å². The molecular formula is C8H12NO3+. The number of ether oxygens (including phenoxy) is 2. The average Bonchev–Trinajstić information content (AvgIpc) is 2.07. The van der Waals surface area contributed by atoms with Gasteiger partial charge in [0.1, 0.15) is 0 Å². The molecular weight excluding hydrogens is 158 g/mol. The Kier molecular flexibility index (Phi) is 2.88. The van der Waals surface area contributed by atoms with Crippen LogP contribution in [0, 0.1) is 6.92 Å². The Hall–Kier alpha value is -1.29. The van der Waals surface area contributed by atoms with Gasteiger partial charge in [0.15, 0.2) is 12.5 Å². The molecule has 4 heteroatoms. The fraction of sp³-hybridized carbons (Fsp3) is 0.375. The van der Waals surface area contributed by atoms with E-state index in [-0.39, 0.29) is 6.79 Å². The van der Waals surface area contributed by atoms with Gasteiger partial charge in [0.2, 0.25) is 5.69 Å². The molecule has 0 aromatic carbocycles. The topological polar surface area (TPSA) is 42.6 Å². The number of pyridine rings is 1. The van der Waals surface area contributed by atoms with E-state index in [1.165, 1.54) is 6.20 Å². The number of hydrogen-bond acceptors (Lipinski definition) is 3. The highest BCUT2D eigenvalue weighted by Crippen LogP contribution is 2.06. The van der Waals surface area contributed by atoms with E-state index in [0.29, 0.717) is 5.75 Å². The molecule has 0 unspecified atom stereocenters. The fourth-order valence-corrected chi connectivity index (χ4v) is 0.757. The predicted molar refractivity (Wildman–Crippen MR) is 41.1 cm³/mol. The van der Waals surface area contributed by atoms with Crippen LogP contribution in [0.4, 0.5) is 0 Å². The average molecular weight is 170 g/mol. The maximum Gasteiger partial charge on any atom is 0.264 e. The summed E-state index contributed by atoms with van der Waals surface area (Å²) in [4.78, 5) is 0. The molecule has 0 saturated carbocycles. The third kappa shape index (κ3) is 2.10. The van der Waals surface area contributed by atoms with Crippen molar-refractivity contribution in [3.8, 4) is 5.75 Å². The minimum atomic E-state index is 0.184. The van der Waals surface area contributed by atoms with Gasteiger partial charge >= 0.3 is 0 Å². The van der Waals surface area contributed by atoms with E-state index in [0.717, 1.165) is 10.4 Å². The lowest BCUT2D eigenvalue weighted by atomic mass is 10.4. The summed E-state index contributed by atoms with van der Waals surface area (Å²) in [5.74, 6) is 0.574. The molecule has 0 radical (unpaired) electrons. The molecule has 1 heterocycles. The van der Waals surface area contributed by atoms with Crippen LogP contribution in [0.1, 0.15) is 5.69 Å². The minimum Gasteiger partial charge on any atom is -0.461 e. The van der Waals surface area contributed by atoms with E-state index in [2.05, 4.69) is 0 Å². The molecule has 0 amide bonds. The molecule has 0 bridgehead atoms. The van der Waals surface area contributed by atoms with E-state index >= 15 is 0 Å². The van der Waals surface area contributed by atoms with E-state index < -0.39 is 0 Å². The van der Waals surface area contributed by atoms with Gasteiger partial charge in [0.05, 0.1) is 0 Å². The zero-order valence-electron chi connectivity index (χ0n) is 7.15. The molecule has 1 rings (SSSR count). The lowest BCUT2D eigenvalue weighted by molar-refractivity contribution is -0.908. The third-order valence-corrected chi connectivity index (χ3v) is 1.44. The Morgan fingerprint density at radius 1 is 1.50 bits per heavy atom. The Balaban J connectivity index is 2.69. The highest BCUT2D eigenvalue weighted by Gasteiger charge is 2.05. The molecule has 1 N–H and O–H groups in total. The van der Waals surface area contributed by atoms with Crippen LogP contribution in [0.5, 0.6) is 5.75 Å². The number of rotatable bonds is 3. The van der Waals surface area contributed by atoms with Crippen LogP contribution in [0.3, 0.4) is 0 Å². The first-order chi connectivity index (χ1) is 5.74. The van der Waals surface area contributed by atoms with Crippen LogP contribution >= 0.6 is 0 Å². The first-order valence-corrected chi connectivity index (χ1v) is 3.57. The molecule has 0 aliphatic carbocycles. The highest BCUT2D eigenvalue weighted by atomic mass is 16.7. The smallest absolute Gasteiger partial charge is 0.264 e. The lowest BCUT2D eigenvalue weighted by Crippen LogP contribution is -2.32. The van der Waals surface area contributed by atoms with Crippen molar-refractivity contribution in [3.63, 3.8) is 0 Å². The van der Waals surface area contributed by atoms with Crippen LogP contribution in [0.25, 0.3) is 0 Å². The summed E-state index contributed by atoms with van der Waals surface area (Å²) >= 11 is 0. The standard InChI is InChI=1S/C8H12NO3/c1-7-3-4-8(5-9(7)10)12-6-11-2/h3-5,10H,6H2,1-2H3/q+1. The monoisotopic (exact) mass is 170 g/mol. The Morgan fingerprint density at radius 2 is 2.25 bits per heavy atom. The van der Waals surface area contributed by atoms with Gasteiger partial charge < -0.3 is 9.47 Å². The molecule has 4 nitrogen and oxygen atoms in total. The summed E-state index contributed by atoms with van der Waals surface area (Å²) in [6.45, 7) is 1.98. The maximum atomic E-state index is 9.20. The van der Waals surface area contributed by atoms with Crippen LogP contribution < -0.4 is 9.47 Å². The van der Waals surface area contributed by atoms with Crippen LogP contribution in [0.15, 0.2) is 18.3 Å². The second kappa shape index (κ2) is 3.92. The molecule has 1 aromatic heterocycles. The zero-order valence-corrected chi connectivity index (χ0v) is 7.15. The van der Waals surface area contributed by atoms with Gasteiger partial charge in [-0.2, -0.15) is 0 Å². The zero-order chi connectivity index (χ0) is 8.97. The third-order valence-electron chi connectivity index (χ3n) is 1.44. The number of methoxy groups -OCH3 is 1. The number of nitrogens with zero attached hydrogens (tertiary/aromatic N) is 1. The molecule has 0 fully saturated rings. The van der Waals surface area contributed by atoms with E-state index in [4.69, 9.17) is 9.47 Å². The fourth-order valence-electron chi connectivity index (χ4n) is 0.757. The highest BCUT2D eigenvalue weighted by molar-refractivity contribution is 5.14. The van der Waals surface area contributed by atoms with Gasteiger partial charge in [-0.1, -0.05) is 0 Å². The van der Waals surface area contributed by atoms with Crippen LogP contribution in [0.2, 0.25) is 0 Å². The Morgan fingerprint density at radius 3 is 2.83 bits per heavy atom. The largest absolute Gasteiger partial charge is 0.461 e. The SMILES string of the molecule is COCOc1ccc(C)[n+](O)c1. The van der Waals surface area contributed by atoms with Crippen molar-refractivity contribution in [1.29, 1.82) is 0 Å². The lowest BCUT2D eigenvalue weighted by Gasteiger charge is -2.01. The van der Waals surface area contributed by atoms with E-state index in [1.807, 2.05) is 0 Å². The second-order valence-electron chi connectivity index (χ2n) is 2.40. The van der Waals surface area contributed by atoms with Crippen molar-refractivity contribution in [2.75, 3.05) is 13.9 Å². The molecule has 0 aliphatic rings. The molecule has 1 aromatic rings. The number of aromatic nitrogens is 1. The minimum absolute atomic E-state index is 0.184. The molecule has 0 aliphatic heterocycles. The molecule has 0 spiro atoms. The van der Waals surface area contributed by atoms with Crippen molar-refractivity contribution in [3.05, 3.63) is 24.0 Å². The first kappa shape index (κ1) is 8.80. The quantitative estimate of drug-likeness (QED) is 0.408. The van der Waals surface area contributed by atoms with Crippen molar-refractivity contribution in [2.45, 2.75) is 6.92 Å². The molecule has 12 heavy (non-hydrogen) atoms. The van der Waals surface area contributed by atoms with Crippen LogP contribution in [-0.2, 0) is 4.74 Å². The van der Waals surface area contributed by atoms with E-state index in [9.17, 15) is 5.21 Å². The molecule has 66 valence electrons. The summed E-state index contributed by atoms with van der Waals surface area (Å²) in [6, 6.07) is 3.52. The van der Waals surface area contributed by atoms with E-state index in [1.54, 1.807) is 26.2 Å². The summed E-state index contributed by atoms with van der Waals surface area (Å²) < 4.78 is 10.8. The summed E-state index contributed by atoms with van der Waals surface area (Å²) in [5, 5.41) is 9.20. The Bertz CT molecular complexity index is 262. The maximum absolute atomic E-state index is 9.20. The van der Waals surface area contributed by atoms with Gasteiger partial charge in [-0.25, -0.2) is 0 Å². The summed E-state index contributed by atoms with van der Waals surface area (Å²) in [7, 11) is 1.54. The second-order valence-corrected chi connectivity index (χ2v) is 2.40. The van der Waals surface area contributed by atoms with Crippen molar-refractivity contribution < 1.29 is 19.4 Å². The van der Waals surface area contributed by atoms with Gasteiger partial charge in [-0.3, -0.25) is 5.21 Å². The Labute approximate surface area is 70.9 Å². The predicted octanol–water partition coefficient (Wildman–Crippen LogP) is 0.503. The first-order valence-electron chi connectivity index (χ1n) is 3.57. The van der Waals surface area contributed by atoms with Gasteiger partial charge in [0.25, 0.3) is 6.20 Å². The van der Waals surface area contributed by atoms with Crippen molar-refractivity contribution >= 4 is 0 Å². The molecule has 0 atom stereocenters. The van der Waals surface area contributed by atoms with Gasteiger partial charge in [-0.05, 0) is 6.07 Å². The number of hydrogen-bond donors (Lipinski definition) is 1. The molecule has 0 saturated heterocycles. The van der Waals surface area contributed by atoms with Crippen LogP contribution in [-0.4, -0.2) is 19.1 Å². The van der Waals surface area contributed by atoms with Gasteiger partial charge in [-0.15, -0.1) is 0 Å². The van der Waals surface area contributed by atoms with Gasteiger partial charge in [0, 0.05) is 24.8 Å².